The minimum Gasteiger partial charge on any atom is -0.269 e. The maximum atomic E-state index is 10.7. The summed E-state index contributed by atoms with van der Waals surface area (Å²) >= 11 is 5.32. The molecule has 0 aromatic heterocycles. The molecule has 0 spiro atoms. The molecule has 0 aromatic carbocycles. The van der Waals surface area contributed by atoms with Gasteiger partial charge in [0.2, 0.25) is 0 Å². The third-order valence-electron chi connectivity index (χ3n) is 1.18. The van der Waals surface area contributed by atoms with Crippen LogP contribution in [0.5, 0.6) is 0 Å². The molecule has 1 aliphatic rings. The number of hydrogen-bond acceptors (Lipinski definition) is 1. The summed E-state index contributed by atoms with van der Waals surface area (Å²) in [4.78, 5) is 10.7. The average molecular weight is 163 g/mol. The Labute approximate surface area is 60.7 Å². The van der Waals surface area contributed by atoms with Crippen LogP contribution in [0.15, 0.2) is 23.0 Å². The second-order valence-corrected chi connectivity index (χ2v) is 5.52. The van der Waals surface area contributed by atoms with E-state index in [1.54, 1.807) is 0 Å². The summed E-state index contributed by atoms with van der Waals surface area (Å²) in [6, 6.07) is 0. The number of rotatable bonds is 0. The van der Waals surface area contributed by atoms with Crippen LogP contribution >= 0.6 is 21.6 Å². The van der Waals surface area contributed by atoms with Gasteiger partial charge >= 0.3 is 0 Å². The third-order valence-corrected chi connectivity index (χ3v) is 4.31. The van der Waals surface area contributed by atoms with E-state index in [1.807, 2.05) is 29.2 Å². The fourth-order valence-electron chi connectivity index (χ4n) is 0.569. The minimum atomic E-state index is -1.35. The predicted molar refractivity (Wildman–Crippen MR) is 43.0 cm³/mol. The van der Waals surface area contributed by atoms with Crippen LogP contribution in [-0.2, 0) is 0 Å². The normalized spacial score (nSPS) is 24.2. The molecule has 0 radical (unpaired) electrons. The van der Waals surface area contributed by atoms with Crippen LogP contribution in [0.2, 0.25) is 0 Å². The Bertz CT molecular complexity index is 183. The van der Waals surface area contributed by atoms with E-state index < -0.39 is 10.0 Å². The van der Waals surface area contributed by atoms with Crippen molar-refractivity contribution in [3.05, 3.63) is 23.0 Å². The van der Waals surface area contributed by atoms with Gasteiger partial charge in [0.1, 0.15) is 0 Å². The summed E-state index contributed by atoms with van der Waals surface area (Å²) in [5.41, 5.74) is 0. The van der Waals surface area contributed by atoms with Crippen molar-refractivity contribution in [1.29, 1.82) is 0 Å². The highest BCUT2D eigenvalue weighted by Crippen LogP contribution is 2.52. The summed E-state index contributed by atoms with van der Waals surface area (Å²) in [7, 11) is -1.35. The lowest BCUT2D eigenvalue weighted by atomic mass is 10.6. The van der Waals surface area contributed by atoms with Crippen molar-refractivity contribution in [2.45, 2.75) is 0 Å². The van der Waals surface area contributed by atoms with Crippen molar-refractivity contribution in [1.82, 2.24) is 0 Å². The number of hydrogen-bond donors (Lipinski definition) is 0. The van der Waals surface area contributed by atoms with Gasteiger partial charge in [0.25, 0.3) is 4.57 Å². The van der Waals surface area contributed by atoms with E-state index in [-0.39, 0.29) is 4.57 Å². The summed E-state index contributed by atoms with van der Waals surface area (Å²) in [6.45, 7) is 0. The fourth-order valence-corrected chi connectivity index (χ4v) is 2.02. The van der Waals surface area contributed by atoms with E-state index in [1.165, 1.54) is 0 Å². The van der Waals surface area contributed by atoms with Crippen LogP contribution in [0.3, 0.4) is 0 Å². The molecule has 3 heteroatoms. The molecule has 0 N–H and O–H groups in total. The van der Waals surface area contributed by atoms with E-state index in [0.717, 1.165) is 0 Å². The number of carbonyl (C=O) groups is 1. The van der Waals surface area contributed by atoms with Gasteiger partial charge in [0.05, 0.1) is 0 Å². The van der Waals surface area contributed by atoms with E-state index in [9.17, 15) is 4.79 Å². The zero-order valence-electron chi connectivity index (χ0n) is 5.00. The van der Waals surface area contributed by atoms with Crippen molar-refractivity contribution in [3.8, 4) is 0 Å². The highest BCUT2D eigenvalue weighted by molar-refractivity contribution is 8.50. The largest absolute Gasteiger partial charge is 0.269 e. The van der Waals surface area contributed by atoms with Gasteiger partial charge in [-0.25, -0.2) is 0 Å². The van der Waals surface area contributed by atoms with E-state index >= 15 is 0 Å². The van der Waals surface area contributed by atoms with Gasteiger partial charge in [0.15, 0.2) is 0 Å². The lowest BCUT2D eigenvalue weighted by molar-refractivity contribution is 0.275. The van der Waals surface area contributed by atoms with Crippen molar-refractivity contribution in [3.63, 3.8) is 0 Å². The Morgan fingerprint density at radius 3 is 2.11 bits per heavy atom. The van der Waals surface area contributed by atoms with Crippen molar-refractivity contribution in [2.75, 3.05) is 6.26 Å². The van der Waals surface area contributed by atoms with Gasteiger partial charge in [-0.15, -0.1) is 10.0 Å². The highest BCUT2D eigenvalue weighted by atomic mass is 35.5. The quantitative estimate of drug-likeness (QED) is 0.501. The molecule has 0 aromatic rings. The molecule has 1 heterocycles. The smallest absolute Gasteiger partial charge is 0.269 e. The zero-order chi connectivity index (χ0) is 6.91. The summed E-state index contributed by atoms with van der Waals surface area (Å²) in [5.74, 6) is 0. The summed E-state index contributed by atoms with van der Waals surface area (Å²) in [6.07, 6.45) is 5.58. The Morgan fingerprint density at radius 1 is 1.44 bits per heavy atom. The molecule has 0 bridgehead atoms. The first-order valence-electron chi connectivity index (χ1n) is 2.48. The molecule has 0 atom stereocenters. The van der Waals surface area contributed by atoms with Crippen LogP contribution in [0.4, 0.5) is 4.79 Å². The molecule has 0 fully saturated rings. The maximum Gasteiger partial charge on any atom is 0.269 e. The molecule has 0 unspecified atom stereocenters. The Kier molecular flexibility index (Phi) is 1.68. The van der Waals surface area contributed by atoms with Gasteiger partial charge in [0, 0.05) is 0 Å². The average Bonchev–Trinajstić information content (AvgIpc) is 2.16. The van der Waals surface area contributed by atoms with Crippen molar-refractivity contribution < 1.29 is 4.79 Å². The highest BCUT2D eigenvalue weighted by Gasteiger charge is 2.20. The van der Waals surface area contributed by atoms with E-state index in [4.69, 9.17) is 11.6 Å². The predicted octanol–water partition coefficient (Wildman–Crippen LogP) is 2.82. The van der Waals surface area contributed by atoms with Crippen LogP contribution in [-0.4, -0.2) is 10.8 Å². The van der Waals surface area contributed by atoms with Crippen molar-refractivity contribution in [2.24, 2.45) is 0 Å². The lowest BCUT2D eigenvalue weighted by Crippen LogP contribution is -1.92. The Balaban J connectivity index is 2.88. The number of halogens is 1. The summed E-state index contributed by atoms with van der Waals surface area (Å²) in [5, 5.41) is 3.73. The monoisotopic (exact) mass is 162 g/mol. The maximum absolute atomic E-state index is 10.7. The Hall–Kier alpha value is -0.210. The van der Waals surface area contributed by atoms with E-state index in [0.29, 0.717) is 0 Å². The van der Waals surface area contributed by atoms with Gasteiger partial charge < -0.3 is 0 Å². The molecule has 1 rings (SSSR count). The zero-order valence-corrected chi connectivity index (χ0v) is 6.58. The first-order chi connectivity index (χ1) is 4.15. The molecule has 0 saturated carbocycles. The Morgan fingerprint density at radius 2 is 1.89 bits per heavy atom. The van der Waals surface area contributed by atoms with Gasteiger partial charge in [-0.3, -0.25) is 4.79 Å². The van der Waals surface area contributed by atoms with Gasteiger partial charge in [-0.2, -0.15) is 0 Å². The second kappa shape index (κ2) is 2.20. The topological polar surface area (TPSA) is 17.1 Å². The SMILES string of the molecule is CS1(C(=O)Cl)C=CC=C1. The first kappa shape index (κ1) is 6.90. The lowest BCUT2D eigenvalue weighted by Gasteiger charge is -2.18. The van der Waals surface area contributed by atoms with Crippen LogP contribution in [0.25, 0.3) is 0 Å². The molecule has 0 amide bonds. The fraction of sp³-hybridized carbons (Fsp3) is 0.167. The number of allylic oxidation sites excluding steroid dienone is 2. The van der Waals surface area contributed by atoms with Crippen LogP contribution in [0.1, 0.15) is 0 Å². The van der Waals surface area contributed by atoms with Crippen LogP contribution < -0.4 is 0 Å². The molecule has 0 saturated heterocycles. The number of carbonyl (C=O) groups excluding carboxylic acids is 1. The minimum absolute atomic E-state index is 0.243. The molecule has 0 aliphatic carbocycles. The van der Waals surface area contributed by atoms with E-state index in [2.05, 4.69) is 0 Å². The summed E-state index contributed by atoms with van der Waals surface area (Å²) < 4.78 is -0.243. The molecule has 1 nitrogen and oxygen atoms in total. The second-order valence-electron chi connectivity index (χ2n) is 1.94. The molecule has 9 heavy (non-hydrogen) atoms. The standard InChI is InChI=1S/C6H7ClOS/c1-9(6(7)8)4-2-3-5-9/h2-5H,1H3. The van der Waals surface area contributed by atoms with Crippen LogP contribution in [0, 0.1) is 0 Å². The van der Waals surface area contributed by atoms with Gasteiger partial charge in [-0.1, -0.05) is 12.2 Å². The molecule has 1 aliphatic heterocycles. The molecular formula is C6H7ClOS. The first-order valence-corrected chi connectivity index (χ1v) is 5.02. The third kappa shape index (κ3) is 1.19. The van der Waals surface area contributed by atoms with Gasteiger partial charge in [-0.05, 0) is 28.7 Å². The molecular weight excluding hydrogens is 156 g/mol. The van der Waals surface area contributed by atoms with Crippen molar-refractivity contribution >= 4 is 26.2 Å². The molecule has 50 valence electrons.